The van der Waals surface area contributed by atoms with Crippen molar-refractivity contribution in [2.24, 2.45) is 0 Å². The van der Waals surface area contributed by atoms with Crippen molar-refractivity contribution in [3.63, 3.8) is 0 Å². The van der Waals surface area contributed by atoms with E-state index in [-0.39, 0.29) is 5.91 Å². The number of carbonyl (C=O) groups is 1. The Morgan fingerprint density at radius 1 is 0.893 bits per heavy atom. The number of aliphatic hydroxyl groups is 1. The van der Waals surface area contributed by atoms with Crippen LogP contribution < -0.4 is 5.32 Å². The summed E-state index contributed by atoms with van der Waals surface area (Å²) >= 11 is 1.45. The fraction of sp³-hybridized carbons (Fsp3) is 0.174. The van der Waals surface area contributed by atoms with Crippen LogP contribution in [0.15, 0.2) is 78.9 Å². The van der Waals surface area contributed by atoms with Crippen molar-refractivity contribution in [3.8, 4) is 0 Å². The van der Waals surface area contributed by atoms with E-state index in [2.05, 4.69) is 34.1 Å². The van der Waals surface area contributed by atoms with Gasteiger partial charge in [0.2, 0.25) is 5.91 Å². The van der Waals surface area contributed by atoms with Gasteiger partial charge in [0, 0.05) is 39.8 Å². The molecule has 0 aliphatic heterocycles. The number of amides is 1. The molecule has 4 aromatic rings. The summed E-state index contributed by atoms with van der Waals surface area (Å²) in [6.07, 6.45) is -0.534. The van der Waals surface area contributed by atoms with Crippen molar-refractivity contribution in [2.75, 3.05) is 16.8 Å². The number of nitrogens with one attached hydrogen (secondary N) is 1. The number of benzene rings is 3. The first kappa shape index (κ1) is 18.6. The highest BCUT2D eigenvalue weighted by Gasteiger charge is 2.14. The molecule has 0 bridgehead atoms. The van der Waals surface area contributed by atoms with Gasteiger partial charge in [-0.2, -0.15) is 0 Å². The first-order valence-electron chi connectivity index (χ1n) is 9.29. The summed E-state index contributed by atoms with van der Waals surface area (Å²) in [6, 6.07) is 25.9. The maximum Gasteiger partial charge on any atom is 0.234 e. The molecule has 28 heavy (non-hydrogen) atoms. The monoisotopic (exact) mass is 390 g/mol. The predicted octanol–water partition coefficient (Wildman–Crippen LogP) is 4.53. The number of aliphatic hydroxyl groups excluding tert-OH is 1. The molecule has 0 saturated carbocycles. The molecule has 0 spiro atoms. The summed E-state index contributed by atoms with van der Waals surface area (Å²) in [6.45, 7) is 0.501. The summed E-state index contributed by atoms with van der Waals surface area (Å²) in [4.78, 5) is 12.0. The zero-order valence-electron chi connectivity index (χ0n) is 15.4. The number of nitrogens with zero attached hydrogens (tertiary/aromatic N) is 1. The topological polar surface area (TPSA) is 54.3 Å². The lowest BCUT2D eigenvalue weighted by molar-refractivity contribution is -0.113. The molecule has 3 aromatic carbocycles. The standard InChI is InChI=1S/C23H22N2O2S/c26-18(15-28-16-23(27)24-17-8-2-1-3-9-17)14-25-21-12-6-4-10-19(21)20-11-5-7-13-22(20)25/h1-13,18,26H,14-16H2,(H,24,27)/t18-/m0/s1. The van der Waals surface area contributed by atoms with Gasteiger partial charge in [0.15, 0.2) is 0 Å². The van der Waals surface area contributed by atoms with Crippen LogP contribution in [0, 0.1) is 0 Å². The molecule has 1 aromatic heterocycles. The number of anilines is 1. The van der Waals surface area contributed by atoms with E-state index in [1.165, 1.54) is 22.5 Å². The van der Waals surface area contributed by atoms with Crippen molar-refractivity contribution in [2.45, 2.75) is 12.6 Å². The van der Waals surface area contributed by atoms with Crippen molar-refractivity contribution < 1.29 is 9.90 Å². The molecule has 0 saturated heterocycles. The van der Waals surface area contributed by atoms with Crippen molar-refractivity contribution in [3.05, 3.63) is 78.9 Å². The maximum absolute atomic E-state index is 12.0. The molecule has 4 rings (SSSR count). The lowest BCUT2D eigenvalue weighted by Crippen LogP contribution is -2.20. The molecule has 2 N–H and O–H groups in total. The molecular formula is C23H22N2O2S. The molecule has 142 valence electrons. The number of fused-ring (bicyclic) bond motifs is 3. The van der Waals surface area contributed by atoms with Crippen molar-refractivity contribution in [1.82, 2.24) is 4.57 Å². The third-order valence-corrected chi connectivity index (χ3v) is 5.76. The van der Waals surface area contributed by atoms with E-state index in [0.717, 1.165) is 16.7 Å². The molecule has 0 aliphatic carbocycles. The number of aromatic nitrogens is 1. The Kier molecular flexibility index (Phi) is 5.65. The zero-order chi connectivity index (χ0) is 19.3. The van der Waals surface area contributed by atoms with Crippen molar-refractivity contribution in [1.29, 1.82) is 0 Å². The Balaban J connectivity index is 1.39. The van der Waals surface area contributed by atoms with Gasteiger partial charge in [-0.1, -0.05) is 54.6 Å². The number of thioether (sulfide) groups is 1. The number of hydrogen-bond acceptors (Lipinski definition) is 3. The molecule has 4 nitrogen and oxygen atoms in total. The first-order valence-corrected chi connectivity index (χ1v) is 10.4. The quantitative estimate of drug-likeness (QED) is 0.488. The van der Waals surface area contributed by atoms with Gasteiger partial charge in [-0.15, -0.1) is 11.8 Å². The second-order valence-electron chi connectivity index (χ2n) is 6.73. The average molecular weight is 391 g/mol. The zero-order valence-corrected chi connectivity index (χ0v) is 16.2. The van der Waals surface area contributed by atoms with Crippen LogP contribution in [-0.4, -0.2) is 33.2 Å². The Bertz CT molecular complexity index is 1040. The van der Waals surface area contributed by atoms with E-state index < -0.39 is 6.10 Å². The third kappa shape index (κ3) is 4.06. The van der Waals surface area contributed by atoms with Crippen LogP contribution in [0.25, 0.3) is 21.8 Å². The van der Waals surface area contributed by atoms with Gasteiger partial charge in [0.25, 0.3) is 0 Å². The van der Waals surface area contributed by atoms with Crippen LogP contribution in [0.3, 0.4) is 0 Å². The van der Waals surface area contributed by atoms with Crippen molar-refractivity contribution >= 4 is 45.2 Å². The number of para-hydroxylation sites is 3. The van der Waals surface area contributed by atoms with E-state index in [1.807, 2.05) is 54.6 Å². The van der Waals surface area contributed by atoms with Crippen LogP contribution in [0.1, 0.15) is 0 Å². The van der Waals surface area contributed by atoms with Gasteiger partial charge in [0.1, 0.15) is 0 Å². The number of rotatable bonds is 7. The SMILES string of the molecule is O=C(CSC[C@@H](O)Cn1c2ccccc2c2ccccc21)Nc1ccccc1. The van der Waals surface area contributed by atoms with Gasteiger partial charge >= 0.3 is 0 Å². The average Bonchev–Trinajstić information content (AvgIpc) is 3.03. The van der Waals surface area contributed by atoms with Gasteiger partial charge < -0.3 is 15.0 Å². The highest BCUT2D eigenvalue weighted by molar-refractivity contribution is 8.00. The minimum atomic E-state index is -0.534. The molecule has 1 atom stereocenters. The van der Waals surface area contributed by atoms with E-state index in [0.29, 0.717) is 18.1 Å². The van der Waals surface area contributed by atoms with Crippen LogP contribution in [0.4, 0.5) is 5.69 Å². The Hall–Kier alpha value is -2.76. The second-order valence-corrected chi connectivity index (χ2v) is 7.76. The maximum atomic E-state index is 12.0. The normalized spacial score (nSPS) is 12.3. The van der Waals surface area contributed by atoms with Gasteiger partial charge in [0.05, 0.1) is 11.9 Å². The fourth-order valence-corrected chi connectivity index (χ4v) is 4.22. The van der Waals surface area contributed by atoms with Gasteiger partial charge in [-0.25, -0.2) is 0 Å². The summed E-state index contributed by atoms with van der Waals surface area (Å²) in [7, 11) is 0. The molecule has 1 heterocycles. The summed E-state index contributed by atoms with van der Waals surface area (Å²) in [5.41, 5.74) is 3.03. The fourth-order valence-electron chi connectivity index (χ4n) is 3.47. The second kappa shape index (κ2) is 8.50. The molecule has 0 unspecified atom stereocenters. The Labute approximate surface area is 168 Å². The molecule has 0 fully saturated rings. The minimum absolute atomic E-state index is 0.0553. The van der Waals surface area contributed by atoms with Gasteiger partial charge in [-0.3, -0.25) is 4.79 Å². The third-order valence-electron chi connectivity index (χ3n) is 4.67. The molecule has 0 radical (unpaired) electrons. The Morgan fingerprint density at radius 3 is 2.11 bits per heavy atom. The van der Waals surface area contributed by atoms with Crippen LogP contribution in [-0.2, 0) is 11.3 Å². The smallest absolute Gasteiger partial charge is 0.234 e. The summed E-state index contributed by atoms with van der Waals surface area (Å²) in [5.74, 6) is 0.766. The van der Waals surface area contributed by atoms with Crippen LogP contribution in [0.2, 0.25) is 0 Å². The van der Waals surface area contributed by atoms with Crippen LogP contribution in [0.5, 0.6) is 0 Å². The lowest BCUT2D eigenvalue weighted by Gasteiger charge is -2.14. The van der Waals surface area contributed by atoms with Gasteiger partial charge in [-0.05, 0) is 24.3 Å². The van der Waals surface area contributed by atoms with E-state index in [4.69, 9.17) is 0 Å². The molecule has 5 heteroatoms. The Morgan fingerprint density at radius 2 is 1.46 bits per heavy atom. The van der Waals surface area contributed by atoms with E-state index >= 15 is 0 Å². The minimum Gasteiger partial charge on any atom is -0.390 e. The van der Waals surface area contributed by atoms with E-state index in [9.17, 15) is 9.90 Å². The predicted molar refractivity (Wildman–Crippen MR) is 118 cm³/mol. The number of hydrogen-bond donors (Lipinski definition) is 2. The molecular weight excluding hydrogens is 368 g/mol. The first-order chi connectivity index (χ1) is 13.7. The highest BCUT2D eigenvalue weighted by atomic mass is 32.2. The largest absolute Gasteiger partial charge is 0.390 e. The highest BCUT2D eigenvalue weighted by Crippen LogP contribution is 2.29. The summed E-state index contributed by atoms with van der Waals surface area (Å²) in [5, 5.41) is 15.8. The van der Waals surface area contributed by atoms with Crippen LogP contribution >= 0.6 is 11.8 Å². The molecule has 0 aliphatic rings. The van der Waals surface area contributed by atoms with E-state index in [1.54, 1.807) is 0 Å². The lowest BCUT2D eigenvalue weighted by atomic mass is 10.2. The number of carbonyl (C=O) groups excluding carboxylic acids is 1. The molecule has 1 amide bonds. The summed E-state index contributed by atoms with van der Waals surface area (Å²) < 4.78 is 2.17.